The predicted molar refractivity (Wildman–Crippen MR) is 96.2 cm³/mol. The molecule has 0 spiro atoms. The summed E-state index contributed by atoms with van der Waals surface area (Å²) in [5, 5.41) is 2.70. The first kappa shape index (κ1) is 17.7. The van der Waals surface area contributed by atoms with Crippen LogP contribution in [0.2, 0.25) is 0 Å². The number of carbonyl (C=O) groups excluding carboxylic acids is 2. The van der Waals surface area contributed by atoms with Crippen molar-refractivity contribution >= 4 is 44.8 Å². The number of carbonyl (C=O) groups is 2. The first-order valence-corrected chi connectivity index (χ1v) is 8.84. The van der Waals surface area contributed by atoms with Crippen LogP contribution in [0.4, 0.5) is 5.69 Å². The Kier molecular flexibility index (Phi) is 5.96. The topological polar surface area (TPSA) is 55.4 Å². The summed E-state index contributed by atoms with van der Waals surface area (Å²) in [6, 6.07) is 7.31. The number of thiophene rings is 1. The Balaban J connectivity index is 1.90. The highest BCUT2D eigenvalue weighted by Crippen LogP contribution is 2.23. The highest BCUT2D eigenvalue weighted by Gasteiger charge is 2.14. The van der Waals surface area contributed by atoms with E-state index in [2.05, 4.69) is 21.2 Å². The van der Waals surface area contributed by atoms with Crippen molar-refractivity contribution in [3.05, 3.63) is 49.6 Å². The average molecular weight is 396 g/mol. The lowest BCUT2D eigenvalue weighted by Crippen LogP contribution is -2.20. The summed E-state index contributed by atoms with van der Waals surface area (Å²) < 4.78 is 5.99. The number of halogens is 1. The van der Waals surface area contributed by atoms with E-state index in [1.165, 1.54) is 11.3 Å². The first-order chi connectivity index (χ1) is 10.9. The number of rotatable bonds is 5. The number of aryl methyl sites for hydroxylation is 3. The monoisotopic (exact) mass is 395 g/mol. The molecule has 1 amide bonds. The predicted octanol–water partition coefficient (Wildman–Crippen LogP) is 4.49. The Morgan fingerprint density at radius 2 is 1.96 bits per heavy atom. The van der Waals surface area contributed by atoms with Crippen molar-refractivity contribution in [2.45, 2.75) is 27.2 Å². The van der Waals surface area contributed by atoms with Crippen LogP contribution in [-0.4, -0.2) is 18.5 Å². The molecule has 23 heavy (non-hydrogen) atoms. The Morgan fingerprint density at radius 3 is 2.57 bits per heavy atom. The lowest BCUT2D eigenvalue weighted by molar-refractivity contribution is -0.119. The van der Waals surface area contributed by atoms with Gasteiger partial charge >= 0.3 is 5.97 Å². The van der Waals surface area contributed by atoms with Gasteiger partial charge < -0.3 is 10.1 Å². The van der Waals surface area contributed by atoms with Gasteiger partial charge in [0.25, 0.3) is 5.91 Å². The zero-order valence-electron chi connectivity index (χ0n) is 13.2. The molecule has 6 heteroatoms. The zero-order valence-corrected chi connectivity index (χ0v) is 15.6. The van der Waals surface area contributed by atoms with E-state index in [-0.39, 0.29) is 12.5 Å². The van der Waals surface area contributed by atoms with Gasteiger partial charge in [0.1, 0.15) is 4.88 Å². The van der Waals surface area contributed by atoms with Crippen LogP contribution in [0, 0.1) is 13.8 Å². The zero-order chi connectivity index (χ0) is 17.0. The van der Waals surface area contributed by atoms with Gasteiger partial charge in [-0.2, -0.15) is 0 Å². The van der Waals surface area contributed by atoms with Gasteiger partial charge in [-0.05, 0) is 49.6 Å². The van der Waals surface area contributed by atoms with E-state index >= 15 is 0 Å². The maximum Gasteiger partial charge on any atom is 0.348 e. The van der Waals surface area contributed by atoms with Crippen molar-refractivity contribution in [3.8, 4) is 0 Å². The first-order valence-electron chi connectivity index (χ1n) is 7.23. The summed E-state index contributed by atoms with van der Waals surface area (Å²) in [5.41, 5.74) is 2.82. The SMILES string of the molecule is CCc1sc(C(=O)OCC(=O)Nc2ccc(C)c(Br)c2)cc1C. The summed E-state index contributed by atoms with van der Waals surface area (Å²) in [6.07, 6.45) is 0.882. The maximum absolute atomic E-state index is 12.0. The summed E-state index contributed by atoms with van der Waals surface area (Å²) in [5.74, 6) is -0.823. The van der Waals surface area contributed by atoms with Crippen molar-refractivity contribution < 1.29 is 14.3 Å². The summed E-state index contributed by atoms with van der Waals surface area (Å²) in [4.78, 5) is 25.5. The number of anilines is 1. The second-order valence-corrected chi connectivity index (χ2v) is 7.15. The van der Waals surface area contributed by atoms with Crippen molar-refractivity contribution in [3.63, 3.8) is 0 Å². The molecular formula is C17H18BrNO3S. The molecule has 0 unspecified atom stereocenters. The molecule has 0 aliphatic carbocycles. The molecule has 2 aromatic rings. The van der Waals surface area contributed by atoms with Gasteiger partial charge in [0.15, 0.2) is 6.61 Å². The molecule has 1 heterocycles. The lowest BCUT2D eigenvalue weighted by Gasteiger charge is -2.07. The quantitative estimate of drug-likeness (QED) is 0.758. The van der Waals surface area contributed by atoms with Crippen LogP contribution < -0.4 is 5.32 Å². The number of esters is 1. The number of hydrogen-bond acceptors (Lipinski definition) is 4. The normalized spacial score (nSPS) is 10.4. The number of ether oxygens (including phenoxy) is 1. The highest BCUT2D eigenvalue weighted by molar-refractivity contribution is 9.10. The molecule has 0 aliphatic rings. The number of nitrogens with one attached hydrogen (secondary N) is 1. The molecule has 0 saturated carbocycles. The minimum atomic E-state index is -0.460. The Hall–Kier alpha value is -1.66. The number of amides is 1. The fraction of sp³-hybridized carbons (Fsp3) is 0.294. The van der Waals surface area contributed by atoms with Crippen molar-refractivity contribution in [2.75, 3.05) is 11.9 Å². The molecule has 1 N–H and O–H groups in total. The Labute approximate surface area is 148 Å². The molecule has 2 rings (SSSR count). The molecule has 0 radical (unpaired) electrons. The van der Waals surface area contributed by atoms with Crippen LogP contribution in [0.5, 0.6) is 0 Å². The molecule has 1 aromatic heterocycles. The third-order valence-corrected chi connectivity index (χ3v) is 5.55. The molecule has 0 saturated heterocycles. The highest BCUT2D eigenvalue weighted by atomic mass is 79.9. The summed E-state index contributed by atoms with van der Waals surface area (Å²) in [7, 11) is 0. The van der Waals surface area contributed by atoms with E-state index < -0.39 is 5.97 Å². The fourth-order valence-corrected chi connectivity index (χ4v) is 3.43. The molecule has 0 fully saturated rings. The van der Waals surface area contributed by atoms with Gasteiger partial charge in [-0.25, -0.2) is 4.79 Å². The smallest absolute Gasteiger partial charge is 0.348 e. The molecule has 4 nitrogen and oxygen atoms in total. The van der Waals surface area contributed by atoms with E-state index in [1.54, 1.807) is 12.1 Å². The minimum absolute atomic E-state index is 0.303. The van der Waals surface area contributed by atoms with Crippen LogP contribution in [0.1, 0.15) is 32.6 Å². The van der Waals surface area contributed by atoms with Gasteiger partial charge in [0, 0.05) is 15.0 Å². The van der Waals surface area contributed by atoms with E-state index in [4.69, 9.17) is 4.74 Å². The van der Waals surface area contributed by atoms with Gasteiger partial charge in [0.05, 0.1) is 0 Å². The maximum atomic E-state index is 12.0. The van der Waals surface area contributed by atoms with Crippen LogP contribution in [0.3, 0.4) is 0 Å². The van der Waals surface area contributed by atoms with Crippen LogP contribution >= 0.6 is 27.3 Å². The molecule has 1 aromatic carbocycles. The Bertz CT molecular complexity index is 739. The second kappa shape index (κ2) is 7.75. The third-order valence-electron chi connectivity index (χ3n) is 3.33. The number of hydrogen-bond donors (Lipinski definition) is 1. The Morgan fingerprint density at radius 1 is 1.22 bits per heavy atom. The van der Waals surface area contributed by atoms with Crippen LogP contribution in [-0.2, 0) is 16.0 Å². The van der Waals surface area contributed by atoms with Gasteiger partial charge in [0.2, 0.25) is 0 Å². The average Bonchev–Trinajstić information content (AvgIpc) is 2.89. The molecule has 0 bridgehead atoms. The summed E-state index contributed by atoms with van der Waals surface area (Å²) in [6.45, 7) is 5.67. The van der Waals surface area contributed by atoms with Gasteiger partial charge in [-0.3, -0.25) is 4.79 Å². The van der Waals surface area contributed by atoms with E-state index in [1.807, 2.05) is 32.9 Å². The standard InChI is InChI=1S/C17H18BrNO3S/c1-4-14-11(3)7-15(23-14)17(21)22-9-16(20)19-12-6-5-10(2)13(18)8-12/h5-8H,4,9H2,1-3H3,(H,19,20). The van der Waals surface area contributed by atoms with Gasteiger partial charge in [-0.15, -0.1) is 11.3 Å². The number of benzene rings is 1. The van der Waals surface area contributed by atoms with Crippen molar-refractivity contribution in [1.82, 2.24) is 0 Å². The van der Waals surface area contributed by atoms with Crippen LogP contribution in [0.15, 0.2) is 28.7 Å². The molecule has 0 aliphatic heterocycles. The van der Waals surface area contributed by atoms with Crippen molar-refractivity contribution in [1.29, 1.82) is 0 Å². The minimum Gasteiger partial charge on any atom is -0.451 e. The molecule has 122 valence electrons. The third kappa shape index (κ3) is 4.65. The van der Waals surface area contributed by atoms with Crippen LogP contribution in [0.25, 0.3) is 0 Å². The van der Waals surface area contributed by atoms with E-state index in [9.17, 15) is 9.59 Å². The van der Waals surface area contributed by atoms with E-state index in [0.717, 1.165) is 26.9 Å². The fourth-order valence-electron chi connectivity index (χ4n) is 2.04. The summed E-state index contributed by atoms with van der Waals surface area (Å²) >= 11 is 4.82. The largest absolute Gasteiger partial charge is 0.451 e. The second-order valence-electron chi connectivity index (χ2n) is 5.16. The molecular weight excluding hydrogens is 378 g/mol. The van der Waals surface area contributed by atoms with E-state index in [0.29, 0.717) is 10.6 Å². The molecule has 0 atom stereocenters. The lowest BCUT2D eigenvalue weighted by atomic mass is 10.2. The van der Waals surface area contributed by atoms with Gasteiger partial charge in [-0.1, -0.05) is 28.9 Å². The van der Waals surface area contributed by atoms with Crippen molar-refractivity contribution in [2.24, 2.45) is 0 Å².